The first kappa shape index (κ1) is 38.9. The van der Waals surface area contributed by atoms with Gasteiger partial charge in [-0.05, 0) is 48.2 Å². The third-order valence-corrected chi connectivity index (χ3v) is 9.73. The lowest BCUT2D eigenvalue weighted by Crippen LogP contribution is -2.28. The van der Waals surface area contributed by atoms with Crippen molar-refractivity contribution in [2.75, 3.05) is 7.11 Å². The third-order valence-electron chi connectivity index (χ3n) is 9.73. The van der Waals surface area contributed by atoms with Gasteiger partial charge < -0.3 is 9.47 Å². The van der Waals surface area contributed by atoms with E-state index in [9.17, 15) is 4.79 Å². The van der Waals surface area contributed by atoms with Crippen molar-refractivity contribution in [1.29, 1.82) is 0 Å². The first-order valence-electron chi connectivity index (χ1n) is 19.0. The Morgan fingerprint density at radius 1 is 0.489 bits per heavy atom. The van der Waals surface area contributed by atoms with Gasteiger partial charge in [0, 0.05) is 12.3 Å². The van der Waals surface area contributed by atoms with E-state index in [0.717, 1.165) is 18.6 Å². The highest BCUT2D eigenvalue weighted by atomic mass is 16.5. The van der Waals surface area contributed by atoms with E-state index in [0.29, 0.717) is 5.75 Å². The van der Waals surface area contributed by atoms with E-state index in [1.165, 1.54) is 159 Å². The summed E-state index contributed by atoms with van der Waals surface area (Å²) in [5, 5.41) is 0. The molecule has 0 aliphatic rings. The van der Waals surface area contributed by atoms with Gasteiger partial charge in [-0.1, -0.05) is 179 Å². The molecule has 0 radical (unpaired) electrons. The summed E-state index contributed by atoms with van der Waals surface area (Å²) in [6.45, 7) is 6.05. The number of hydrogen-bond donors (Lipinski definition) is 0. The molecule has 2 aromatic carbocycles. The number of carbonyl (C=O) groups is 1. The van der Waals surface area contributed by atoms with Gasteiger partial charge in [-0.15, -0.1) is 0 Å². The van der Waals surface area contributed by atoms with Crippen LogP contribution in [0.25, 0.3) is 0 Å². The number of hydrogen-bond acceptors (Lipinski definition) is 3. The van der Waals surface area contributed by atoms with Crippen LogP contribution in [0, 0.1) is 0 Å². The smallest absolute Gasteiger partial charge is 0.308 e. The van der Waals surface area contributed by atoms with Gasteiger partial charge in [0.1, 0.15) is 11.5 Å². The summed E-state index contributed by atoms with van der Waals surface area (Å²) in [4.78, 5) is 11.6. The summed E-state index contributed by atoms with van der Waals surface area (Å²) in [7, 11) is 1.74. The molecule has 0 spiro atoms. The standard InChI is InChI=1S/C42H68O3/c1-5-7-9-11-13-15-17-19-21-23-25-35-42(38-27-31-40(44-4)32-28-38,39-29-33-41(34-30-39)45-37(3)43)36-26-24-22-20-18-16-14-12-10-8-6-2/h27-34H,5-26,35-36H2,1-4H3. The van der Waals surface area contributed by atoms with Gasteiger partial charge in [-0.3, -0.25) is 4.79 Å². The molecule has 0 aromatic heterocycles. The summed E-state index contributed by atoms with van der Waals surface area (Å²) in [6, 6.07) is 17.2. The Morgan fingerprint density at radius 2 is 0.800 bits per heavy atom. The van der Waals surface area contributed by atoms with Gasteiger partial charge in [-0.2, -0.15) is 0 Å². The molecule has 2 rings (SSSR count). The Morgan fingerprint density at radius 3 is 1.11 bits per heavy atom. The predicted octanol–water partition coefficient (Wildman–Crippen LogP) is 13.3. The van der Waals surface area contributed by atoms with Crippen LogP contribution in [0.15, 0.2) is 48.5 Å². The molecule has 3 nitrogen and oxygen atoms in total. The van der Waals surface area contributed by atoms with Crippen LogP contribution in [0.2, 0.25) is 0 Å². The monoisotopic (exact) mass is 621 g/mol. The van der Waals surface area contributed by atoms with Crippen LogP contribution in [-0.2, 0) is 10.2 Å². The normalized spacial score (nSPS) is 11.6. The minimum Gasteiger partial charge on any atom is -0.497 e. The first-order chi connectivity index (χ1) is 22.1. The zero-order valence-corrected chi connectivity index (χ0v) is 29.8. The second-order valence-electron chi connectivity index (χ2n) is 13.5. The van der Waals surface area contributed by atoms with E-state index in [2.05, 4.69) is 50.2 Å². The lowest BCUT2D eigenvalue weighted by atomic mass is 9.68. The molecule has 0 saturated carbocycles. The number of carbonyl (C=O) groups excluding carboxylic acids is 1. The van der Waals surface area contributed by atoms with Crippen LogP contribution in [0.4, 0.5) is 0 Å². The highest BCUT2D eigenvalue weighted by Gasteiger charge is 2.33. The SMILES string of the molecule is CCCCCCCCCCCCCC(CCCCCCCCCCCCC)(c1ccc(OC)cc1)c1ccc(OC(C)=O)cc1. The minimum atomic E-state index is -0.272. The molecule has 0 saturated heterocycles. The predicted molar refractivity (Wildman–Crippen MR) is 194 cm³/mol. The van der Waals surface area contributed by atoms with Crippen molar-refractivity contribution in [2.24, 2.45) is 0 Å². The fourth-order valence-electron chi connectivity index (χ4n) is 6.97. The summed E-state index contributed by atoms with van der Waals surface area (Å²) in [5.41, 5.74) is 2.66. The lowest BCUT2D eigenvalue weighted by molar-refractivity contribution is -0.131. The quantitative estimate of drug-likeness (QED) is 0.0539. The maximum absolute atomic E-state index is 11.6. The van der Waals surface area contributed by atoms with Crippen molar-refractivity contribution in [2.45, 2.75) is 180 Å². The van der Waals surface area contributed by atoms with E-state index in [1.54, 1.807) is 7.11 Å². The van der Waals surface area contributed by atoms with Crippen molar-refractivity contribution in [1.82, 2.24) is 0 Å². The molecule has 3 heteroatoms. The lowest BCUT2D eigenvalue weighted by Gasteiger charge is -2.36. The number of methoxy groups -OCH3 is 1. The van der Waals surface area contributed by atoms with Crippen molar-refractivity contribution in [3.05, 3.63) is 59.7 Å². The van der Waals surface area contributed by atoms with Gasteiger partial charge >= 0.3 is 5.97 Å². The molecule has 254 valence electrons. The molecule has 0 heterocycles. The van der Waals surface area contributed by atoms with Crippen molar-refractivity contribution in [3.8, 4) is 11.5 Å². The molecule has 0 unspecified atom stereocenters. The molecule has 0 aliphatic heterocycles. The Hall–Kier alpha value is -2.29. The topological polar surface area (TPSA) is 35.5 Å². The molecule has 45 heavy (non-hydrogen) atoms. The average Bonchev–Trinajstić information content (AvgIpc) is 3.05. The zero-order valence-electron chi connectivity index (χ0n) is 29.8. The molecule has 0 fully saturated rings. The van der Waals surface area contributed by atoms with Crippen molar-refractivity contribution < 1.29 is 14.3 Å². The van der Waals surface area contributed by atoms with E-state index in [4.69, 9.17) is 9.47 Å². The Kier molecular flexibility index (Phi) is 21.5. The van der Waals surface area contributed by atoms with Crippen LogP contribution >= 0.6 is 0 Å². The fraction of sp³-hybridized carbons (Fsp3) is 0.690. The first-order valence-corrected chi connectivity index (χ1v) is 19.0. The highest BCUT2D eigenvalue weighted by molar-refractivity contribution is 5.69. The third kappa shape index (κ3) is 16.2. The number of benzene rings is 2. The van der Waals surface area contributed by atoms with Crippen molar-refractivity contribution in [3.63, 3.8) is 0 Å². The van der Waals surface area contributed by atoms with Crippen LogP contribution in [0.3, 0.4) is 0 Å². The Labute approximate surface area is 278 Å². The van der Waals surface area contributed by atoms with Gasteiger partial charge in [0.25, 0.3) is 0 Å². The maximum atomic E-state index is 11.6. The van der Waals surface area contributed by atoms with E-state index >= 15 is 0 Å². The molecule has 2 aromatic rings. The summed E-state index contributed by atoms with van der Waals surface area (Å²) >= 11 is 0. The number of ether oxygens (including phenoxy) is 2. The molecule has 0 N–H and O–H groups in total. The van der Waals surface area contributed by atoms with Crippen LogP contribution in [-0.4, -0.2) is 13.1 Å². The molecular weight excluding hydrogens is 552 g/mol. The van der Waals surface area contributed by atoms with Crippen molar-refractivity contribution >= 4 is 5.97 Å². The summed E-state index contributed by atoms with van der Waals surface area (Å²) in [5.74, 6) is 1.26. The number of unbranched alkanes of at least 4 members (excludes halogenated alkanes) is 20. The fourth-order valence-corrected chi connectivity index (χ4v) is 6.97. The average molecular weight is 621 g/mol. The van der Waals surface area contributed by atoms with Crippen LogP contribution in [0.1, 0.15) is 186 Å². The van der Waals surface area contributed by atoms with E-state index in [1.807, 2.05) is 12.1 Å². The molecule has 0 bridgehead atoms. The summed E-state index contributed by atoms with van der Waals surface area (Å²) < 4.78 is 10.9. The number of rotatable bonds is 28. The molecule has 0 atom stereocenters. The van der Waals surface area contributed by atoms with E-state index < -0.39 is 0 Å². The van der Waals surface area contributed by atoms with Crippen LogP contribution < -0.4 is 9.47 Å². The maximum Gasteiger partial charge on any atom is 0.308 e. The molecular formula is C42H68O3. The van der Waals surface area contributed by atoms with Gasteiger partial charge in [0.2, 0.25) is 0 Å². The Bertz CT molecular complexity index is 952. The van der Waals surface area contributed by atoms with E-state index in [-0.39, 0.29) is 11.4 Å². The second kappa shape index (κ2) is 24.9. The minimum absolute atomic E-state index is 0.0560. The zero-order chi connectivity index (χ0) is 32.4. The Balaban J connectivity index is 2.05. The molecule has 0 amide bonds. The summed E-state index contributed by atoms with van der Waals surface area (Å²) in [6.07, 6.45) is 32.1. The van der Waals surface area contributed by atoms with Crippen LogP contribution in [0.5, 0.6) is 11.5 Å². The largest absolute Gasteiger partial charge is 0.497 e. The van der Waals surface area contributed by atoms with Gasteiger partial charge in [0.05, 0.1) is 7.11 Å². The second-order valence-corrected chi connectivity index (χ2v) is 13.5. The molecule has 0 aliphatic carbocycles. The number of esters is 1. The van der Waals surface area contributed by atoms with Gasteiger partial charge in [-0.25, -0.2) is 0 Å². The van der Waals surface area contributed by atoms with Gasteiger partial charge in [0.15, 0.2) is 0 Å². The highest BCUT2D eigenvalue weighted by Crippen LogP contribution is 2.43.